The van der Waals surface area contributed by atoms with Crippen molar-refractivity contribution < 1.29 is 23.2 Å². The maximum atomic E-state index is 12.5. The van der Waals surface area contributed by atoms with Gasteiger partial charge in [0.1, 0.15) is 0 Å². The summed E-state index contributed by atoms with van der Waals surface area (Å²) in [4.78, 5) is 12.5. The van der Waals surface area contributed by atoms with E-state index in [4.69, 9.17) is 5.21 Å². The molecule has 0 aromatic heterocycles. The number of anilines is 1. The van der Waals surface area contributed by atoms with Gasteiger partial charge in [0.25, 0.3) is 0 Å². The first kappa shape index (κ1) is 11.7. The number of benzene rings is 1. The Balaban J connectivity index is 2.31. The summed E-state index contributed by atoms with van der Waals surface area (Å²) in [6.45, 7) is 0.242. The summed E-state index contributed by atoms with van der Waals surface area (Å²) in [5, 5.41) is 9.55. The zero-order valence-corrected chi connectivity index (χ0v) is 8.61. The van der Waals surface area contributed by atoms with Crippen molar-refractivity contribution in [2.75, 3.05) is 18.0 Å². The number of carbonyl (C=O) groups is 1. The number of hydrogen-bond acceptors (Lipinski definition) is 2. The van der Waals surface area contributed by atoms with E-state index >= 15 is 0 Å². The fraction of sp³-hybridized carbons (Fsp3) is 0.300. The van der Waals surface area contributed by atoms with E-state index < -0.39 is 17.8 Å². The van der Waals surface area contributed by atoms with E-state index in [0.29, 0.717) is 5.06 Å². The molecule has 1 aromatic carbocycles. The van der Waals surface area contributed by atoms with E-state index in [1.807, 2.05) is 0 Å². The first-order chi connectivity index (χ1) is 7.89. The predicted octanol–water partition coefficient (Wildman–Crippen LogP) is 2.34. The molecule has 2 amide bonds. The summed E-state index contributed by atoms with van der Waals surface area (Å²) in [5.41, 5.74) is -0.694. The Labute approximate surface area is 94.8 Å². The third-order valence-electron chi connectivity index (χ3n) is 2.47. The van der Waals surface area contributed by atoms with E-state index in [-0.39, 0.29) is 18.8 Å². The van der Waals surface area contributed by atoms with Gasteiger partial charge >= 0.3 is 12.2 Å². The smallest absolute Gasteiger partial charge is 0.291 e. The Bertz CT molecular complexity index is 447. The molecular formula is C10H9F3N2O2. The summed E-state index contributed by atoms with van der Waals surface area (Å²) in [7, 11) is 0. The number of amides is 2. The lowest BCUT2D eigenvalue weighted by molar-refractivity contribution is -0.137. The lowest BCUT2D eigenvalue weighted by Gasteiger charge is -2.16. The summed E-state index contributed by atoms with van der Waals surface area (Å²) in [5.74, 6) is 0. The molecule has 0 radical (unpaired) electrons. The van der Waals surface area contributed by atoms with Crippen LogP contribution in [0.3, 0.4) is 0 Å². The van der Waals surface area contributed by atoms with Crippen molar-refractivity contribution in [1.82, 2.24) is 5.06 Å². The highest BCUT2D eigenvalue weighted by atomic mass is 19.4. The van der Waals surface area contributed by atoms with E-state index in [2.05, 4.69) is 0 Å². The van der Waals surface area contributed by atoms with Crippen LogP contribution in [0.25, 0.3) is 0 Å². The highest BCUT2D eigenvalue weighted by Gasteiger charge is 2.33. The second-order valence-corrected chi connectivity index (χ2v) is 3.61. The molecule has 1 aliphatic heterocycles. The maximum absolute atomic E-state index is 12.5. The normalized spacial score (nSPS) is 16.8. The van der Waals surface area contributed by atoms with Crippen LogP contribution in [0.5, 0.6) is 0 Å². The molecule has 4 nitrogen and oxygen atoms in total. The standard InChI is InChI=1S/C10H9F3N2O2/c11-10(12,13)7-2-1-3-8(6-7)14-4-5-15(17)9(14)16/h1-3,6,17H,4-5H2. The van der Waals surface area contributed by atoms with Gasteiger partial charge in [-0.3, -0.25) is 10.1 Å². The minimum Gasteiger partial charge on any atom is -0.291 e. The fourth-order valence-corrected chi connectivity index (χ4v) is 1.62. The molecule has 0 saturated carbocycles. The van der Waals surface area contributed by atoms with E-state index in [1.54, 1.807) is 0 Å². The molecule has 1 fully saturated rings. The molecular weight excluding hydrogens is 237 g/mol. The predicted molar refractivity (Wildman–Crippen MR) is 52.7 cm³/mol. The van der Waals surface area contributed by atoms with Crippen molar-refractivity contribution >= 4 is 11.7 Å². The highest BCUT2D eigenvalue weighted by molar-refractivity contribution is 5.93. The Kier molecular flexibility index (Phi) is 2.70. The molecule has 0 atom stereocenters. The Morgan fingerprint density at radius 1 is 1.24 bits per heavy atom. The van der Waals surface area contributed by atoms with Crippen LogP contribution in [0.4, 0.5) is 23.7 Å². The molecule has 1 heterocycles. The number of carbonyl (C=O) groups excluding carboxylic acids is 1. The average Bonchev–Trinajstić information content (AvgIpc) is 2.59. The van der Waals surface area contributed by atoms with Gasteiger partial charge in [-0.1, -0.05) is 6.07 Å². The second kappa shape index (κ2) is 3.92. The molecule has 1 N–H and O–H groups in total. The Morgan fingerprint density at radius 3 is 2.47 bits per heavy atom. The Morgan fingerprint density at radius 2 is 1.94 bits per heavy atom. The van der Waals surface area contributed by atoms with Gasteiger partial charge < -0.3 is 0 Å². The van der Waals surface area contributed by atoms with Crippen LogP contribution in [0.15, 0.2) is 24.3 Å². The summed E-state index contributed by atoms with van der Waals surface area (Å²) in [6.07, 6.45) is -4.45. The zero-order chi connectivity index (χ0) is 12.6. The molecule has 0 bridgehead atoms. The van der Waals surface area contributed by atoms with Gasteiger partial charge in [0.05, 0.1) is 12.1 Å². The average molecular weight is 246 g/mol. The highest BCUT2D eigenvalue weighted by Crippen LogP contribution is 2.32. The third-order valence-corrected chi connectivity index (χ3v) is 2.47. The second-order valence-electron chi connectivity index (χ2n) is 3.61. The van der Waals surface area contributed by atoms with E-state index in [9.17, 15) is 18.0 Å². The molecule has 17 heavy (non-hydrogen) atoms. The molecule has 0 aliphatic carbocycles. The van der Waals surface area contributed by atoms with Gasteiger partial charge in [-0.25, -0.2) is 9.86 Å². The SMILES string of the molecule is O=C1N(O)CCN1c1cccc(C(F)(F)F)c1. The van der Waals surface area contributed by atoms with Crippen molar-refractivity contribution in [3.8, 4) is 0 Å². The van der Waals surface area contributed by atoms with Crippen LogP contribution in [0.2, 0.25) is 0 Å². The fourth-order valence-electron chi connectivity index (χ4n) is 1.62. The van der Waals surface area contributed by atoms with Crippen LogP contribution in [0, 0.1) is 0 Å². The lowest BCUT2D eigenvalue weighted by atomic mass is 10.2. The van der Waals surface area contributed by atoms with Crippen LogP contribution >= 0.6 is 0 Å². The minimum atomic E-state index is -4.45. The molecule has 0 unspecified atom stereocenters. The van der Waals surface area contributed by atoms with E-state index in [0.717, 1.165) is 17.0 Å². The molecule has 0 spiro atoms. The number of hydrogen-bond donors (Lipinski definition) is 1. The molecule has 1 saturated heterocycles. The van der Waals surface area contributed by atoms with Gasteiger partial charge in [0, 0.05) is 12.2 Å². The first-order valence-electron chi connectivity index (χ1n) is 4.85. The summed E-state index contributed by atoms with van der Waals surface area (Å²) >= 11 is 0. The molecule has 2 rings (SSSR count). The Hall–Kier alpha value is -1.76. The first-order valence-corrected chi connectivity index (χ1v) is 4.85. The van der Waals surface area contributed by atoms with Gasteiger partial charge in [0.15, 0.2) is 0 Å². The zero-order valence-electron chi connectivity index (χ0n) is 8.61. The van der Waals surface area contributed by atoms with E-state index in [1.165, 1.54) is 12.1 Å². The summed E-state index contributed by atoms with van der Waals surface area (Å²) in [6, 6.07) is 3.72. The van der Waals surface area contributed by atoms with Crippen LogP contribution in [0.1, 0.15) is 5.56 Å². The van der Waals surface area contributed by atoms with Crippen molar-refractivity contribution in [3.63, 3.8) is 0 Å². The van der Waals surface area contributed by atoms with Gasteiger partial charge in [-0.2, -0.15) is 13.2 Å². The number of halogens is 3. The number of alkyl halides is 3. The number of rotatable bonds is 1. The molecule has 7 heteroatoms. The molecule has 1 aliphatic rings. The molecule has 92 valence electrons. The maximum Gasteiger partial charge on any atom is 0.416 e. The number of urea groups is 1. The van der Waals surface area contributed by atoms with Crippen molar-refractivity contribution in [3.05, 3.63) is 29.8 Å². The molecule has 1 aromatic rings. The quantitative estimate of drug-likeness (QED) is 0.773. The van der Waals surface area contributed by atoms with Crippen molar-refractivity contribution in [1.29, 1.82) is 0 Å². The monoisotopic (exact) mass is 246 g/mol. The van der Waals surface area contributed by atoms with Crippen LogP contribution < -0.4 is 4.90 Å². The van der Waals surface area contributed by atoms with Gasteiger partial charge in [-0.15, -0.1) is 0 Å². The van der Waals surface area contributed by atoms with Crippen LogP contribution in [-0.2, 0) is 6.18 Å². The van der Waals surface area contributed by atoms with Crippen molar-refractivity contribution in [2.24, 2.45) is 0 Å². The minimum absolute atomic E-state index is 0.0785. The number of hydroxylamine groups is 2. The van der Waals surface area contributed by atoms with Gasteiger partial charge in [0.2, 0.25) is 0 Å². The van der Waals surface area contributed by atoms with Gasteiger partial charge in [-0.05, 0) is 18.2 Å². The van der Waals surface area contributed by atoms with Crippen LogP contribution in [-0.4, -0.2) is 29.4 Å². The lowest BCUT2D eigenvalue weighted by Crippen LogP contribution is -2.29. The van der Waals surface area contributed by atoms with Crippen molar-refractivity contribution in [2.45, 2.75) is 6.18 Å². The summed E-state index contributed by atoms with van der Waals surface area (Å²) < 4.78 is 37.4. The third kappa shape index (κ3) is 2.19. The number of nitrogens with zero attached hydrogens (tertiary/aromatic N) is 2. The topological polar surface area (TPSA) is 43.8 Å². The largest absolute Gasteiger partial charge is 0.416 e.